The van der Waals surface area contributed by atoms with Crippen LogP contribution >= 0.6 is 0 Å². The molecule has 2 amide bonds. The lowest BCUT2D eigenvalue weighted by Gasteiger charge is -2.20. The molecule has 9 nitrogen and oxygen atoms in total. The normalized spacial score (nSPS) is 11.2. The monoisotopic (exact) mass is 325 g/mol. The summed E-state index contributed by atoms with van der Waals surface area (Å²) in [7, 11) is 1.54. The van der Waals surface area contributed by atoms with Crippen molar-refractivity contribution in [2.75, 3.05) is 20.1 Å². The Morgan fingerprint density at radius 3 is 2.70 bits per heavy atom. The van der Waals surface area contributed by atoms with Crippen LogP contribution in [0.25, 0.3) is 0 Å². The maximum Gasteiger partial charge on any atom is 0.412 e. The number of carbonyl (C=O) groups excluding carboxylic acids is 2. The molecule has 0 radical (unpaired) electrons. The molecule has 2 N–H and O–H groups in total. The molecule has 0 aliphatic heterocycles. The zero-order chi connectivity index (χ0) is 17.2. The number of alkyl carbamates (subject to hydrolysis) is 1. The number of hydrogen-bond acceptors (Lipinski definition) is 6. The molecule has 0 aliphatic rings. The average Bonchev–Trinajstić information content (AvgIpc) is 2.51. The van der Waals surface area contributed by atoms with Crippen LogP contribution in [-0.4, -0.2) is 59.6 Å². The van der Waals surface area contributed by atoms with Crippen molar-refractivity contribution in [3.05, 3.63) is 30.1 Å². The van der Waals surface area contributed by atoms with Gasteiger partial charge < -0.3 is 24.8 Å². The average molecular weight is 325 g/mol. The second kappa shape index (κ2) is 9.23. The smallest absolute Gasteiger partial charge is 0.412 e. The molecule has 1 heterocycles. The van der Waals surface area contributed by atoms with Crippen molar-refractivity contribution in [2.45, 2.75) is 19.6 Å². The van der Waals surface area contributed by atoms with E-state index in [1.54, 1.807) is 19.3 Å². The number of aliphatic carboxylic acids is 1. The standard InChI is InChI=1S/C14H19N3O6/c1-10(22-13(20)16-9-12(18)19)23-14(21)17(2)8-6-11-5-3-4-7-15-11/h3-5,7,10H,6,8-9H2,1-2H3,(H,16,20)(H,18,19). The first-order chi connectivity index (χ1) is 10.9. The van der Waals surface area contributed by atoms with Crippen LogP contribution in [0.4, 0.5) is 9.59 Å². The lowest BCUT2D eigenvalue weighted by atomic mass is 10.2. The van der Waals surface area contributed by atoms with Crippen LogP contribution in [0.2, 0.25) is 0 Å². The molecular weight excluding hydrogens is 306 g/mol. The van der Waals surface area contributed by atoms with E-state index in [9.17, 15) is 14.4 Å². The van der Waals surface area contributed by atoms with E-state index in [1.165, 1.54) is 11.8 Å². The van der Waals surface area contributed by atoms with Crippen LogP contribution in [0, 0.1) is 0 Å². The van der Waals surface area contributed by atoms with Gasteiger partial charge in [-0.1, -0.05) is 6.07 Å². The molecule has 0 aromatic carbocycles. The summed E-state index contributed by atoms with van der Waals surface area (Å²) in [5.74, 6) is -1.21. The number of nitrogens with one attached hydrogen (secondary N) is 1. The van der Waals surface area contributed by atoms with Gasteiger partial charge in [0.1, 0.15) is 6.54 Å². The molecule has 0 spiro atoms. The highest BCUT2D eigenvalue weighted by Gasteiger charge is 2.17. The van der Waals surface area contributed by atoms with E-state index in [1.807, 2.05) is 17.4 Å². The van der Waals surface area contributed by atoms with Crippen molar-refractivity contribution >= 4 is 18.2 Å². The fourth-order valence-electron chi connectivity index (χ4n) is 1.52. The summed E-state index contributed by atoms with van der Waals surface area (Å²) in [5.41, 5.74) is 0.837. The van der Waals surface area contributed by atoms with Gasteiger partial charge in [0.15, 0.2) is 0 Å². The SMILES string of the molecule is CC(OC(=O)NCC(=O)O)OC(=O)N(C)CCc1ccccn1. The molecule has 0 fully saturated rings. The van der Waals surface area contributed by atoms with Gasteiger partial charge in [-0.2, -0.15) is 0 Å². The fraction of sp³-hybridized carbons (Fsp3) is 0.429. The lowest BCUT2D eigenvalue weighted by Crippen LogP contribution is -2.36. The van der Waals surface area contributed by atoms with Crippen LogP contribution in [-0.2, 0) is 20.7 Å². The molecule has 1 atom stereocenters. The maximum absolute atomic E-state index is 11.8. The summed E-state index contributed by atoms with van der Waals surface area (Å²) in [4.78, 5) is 38.8. The highest BCUT2D eigenvalue weighted by Crippen LogP contribution is 2.02. The predicted octanol–water partition coefficient (Wildman–Crippen LogP) is 0.849. The molecule has 1 rings (SSSR count). The largest absolute Gasteiger partial charge is 0.480 e. The molecule has 0 bridgehead atoms. The first-order valence-electron chi connectivity index (χ1n) is 6.86. The second-order valence-corrected chi connectivity index (χ2v) is 4.60. The van der Waals surface area contributed by atoms with E-state index >= 15 is 0 Å². The molecule has 0 saturated heterocycles. The van der Waals surface area contributed by atoms with Gasteiger partial charge in [-0.25, -0.2) is 9.59 Å². The molecule has 0 saturated carbocycles. The van der Waals surface area contributed by atoms with Crippen molar-refractivity contribution in [2.24, 2.45) is 0 Å². The molecule has 0 aliphatic carbocycles. The Kier molecular flexibility index (Phi) is 7.31. The third kappa shape index (κ3) is 7.65. The Labute approximate surface area is 133 Å². The third-order valence-corrected chi connectivity index (χ3v) is 2.66. The summed E-state index contributed by atoms with van der Waals surface area (Å²) in [6, 6.07) is 5.50. The number of likely N-dealkylation sites (N-methyl/N-ethyl adjacent to an activating group) is 1. The van der Waals surface area contributed by atoms with Crippen molar-refractivity contribution in [3.8, 4) is 0 Å². The molecule has 1 aromatic heterocycles. The number of pyridine rings is 1. The third-order valence-electron chi connectivity index (χ3n) is 2.66. The van der Waals surface area contributed by atoms with Gasteiger partial charge in [0.25, 0.3) is 0 Å². The number of nitrogens with zero attached hydrogens (tertiary/aromatic N) is 2. The number of rotatable bonds is 7. The van der Waals surface area contributed by atoms with E-state index < -0.39 is 31.0 Å². The maximum atomic E-state index is 11.8. The number of ether oxygens (including phenoxy) is 2. The summed E-state index contributed by atoms with van der Waals surface area (Å²) < 4.78 is 9.60. The molecule has 1 unspecified atom stereocenters. The summed E-state index contributed by atoms with van der Waals surface area (Å²) in [6.07, 6.45) is -0.572. The van der Waals surface area contributed by atoms with Crippen molar-refractivity contribution < 1.29 is 29.0 Å². The predicted molar refractivity (Wildman–Crippen MR) is 78.6 cm³/mol. The molecule has 1 aromatic rings. The fourth-order valence-corrected chi connectivity index (χ4v) is 1.52. The van der Waals surface area contributed by atoms with Gasteiger partial charge in [0.05, 0.1) is 0 Å². The van der Waals surface area contributed by atoms with Crippen LogP contribution in [0.1, 0.15) is 12.6 Å². The van der Waals surface area contributed by atoms with Crippen molar-refractivity contribution in [3.63, 3.8) is 0 Å². The lowest BCUT2D eigenvalue weighted by molar-refractivity contribution is -0.136. The number of carboxylic acid groups (broad SMARTS) is 1. The van der Waals surface area contributed by atoms with Gasteiger partial charge in [-0.05, 0) is 12.1 Å². The van der Waals surface area contributed by atoms with Gasteiger partial charge in [0, 0.05) is 38.8 Å². The quantitative estimate of drug-likeness (QED) is 0.713. The minimum atomic E-state index is -1.21. The van der Waals surface area contributed by atoms with Gasteiger partial charge >= 0.3 is 18.2 Å². The summed E-state index contributed by atoms with van der Waals surface area (Å²) in [6.45, 7) is 1.15. The number of carbonyl (C=O) groups is 3. The Hall–Kier alpha value is -2.84. The number of aromatic nitrogens is 1. The minimum absolute atomic E-state index is 0.383. The topological polar surface area (TPSA) is 118 Å². The van der Waals surface area contributed by atoms with E-state index in [0.717, 1.165) is 5.69 Å². The molecule has 126 valence electrons. The zero-order valence-corrected chi connectivity index (χ0v) is 12.9. The molecule has 23 heavy (non-hydrogen) atoms. The Morgan fingerprint density at radius 1 is 1.35 bits per heavy atom. The minimum Gasteiger partial charge on any atom is -0.480 e. The highest BCUT2D eigenvalue weighted by molar-refractivity contribution is 5.76. The van der Waals surface area contributed by atoms with Crippen LogP contribution in [0.15, 0.2) is 24.4 Å². The number of hydrogen-bond donors (Lipinski definition) is 2. The van der Waals surface area contributed by atoms with Gasteiger partial charge in [-0.3, -0.25) is 9.78 Å². The first kappa shape index (κ1) is 18.2. The number of amides is 2. The van der Waals surface area contributed by atoms with Crippen molar-refractivity contribution in [1.82, 2.24) is 15.2 Å². The number of carboxylic acids is 1. The van der Waals surface area contributed by atoms with E-state index in [2.05, 4.69) is 9.72 Å². The molecular formula is C14H19N3O6. The Morgan fingerprint density at radius 2 is 2.09 bits per heavy atom. The molecule has 9 heteroatoms. The zero-order valence-electron chi connectivity index (χ0n) is 12.9. The van der Waals surface area contributed by atoms with Crippen LogP contribution in [0.5, 0.6) is 0 Å². The van der Waals surface area contributed by atoms with Gasteiger partial charge in [0.2, 0.25) is 6.29 Å². The van der Waals surface area contributed by atoms with Crippen molar-refractivity contribution in [1.29, 1.82) is 0 Å². The summed E-state index contributed by atoms with van der Waals surface area (Å²) in [5, 5.41) is 10.4. The van der Waals surface area contributed by atoms with Gasteiger partial charge in [-0.15, -0.1) is 0 Å². The Bertz CT molecular complexity index is 537. The van der Waals surface area contributed by atoms with Crippen LogP contribution in [0.3, 0.4) is 0 Å². The van der Waals surface area contributed by atoms with E-state index in [0.29, 0.717) is 13.0 Å². The van der Waals surface area contributed by atoms with Crippen LogP contribution < -0.4 is 5.32 Å². The second-order valence-electron chi connectivity index (χ2n) is 4.60. The Balaban J connectivity index is 2.30. The summed E-state index contributed by atoms with van der Waals surface area (Å²) >= 11 is 0. The van der Waals surface area contributed by atoms with E-state index in [4.69, 9.17) is 9.84 Å². The van der Waals surface area contributed by atoms with E-state index in [-0.39, 0.29) is 0 Å². The first-order valence-corrected chi connectivity index (χ1v) is 6.86. The highest BCUT2D eigenvalue weighted by atomic mass is 16.7.